The summed E-state index contributed by atoms with van der Waals surface area (Å²) in [5, 5.41) is 0. The van der Waals surface area contributed by atoms with Crippen LogP contribution in [0.4, 0.5) is 0 Å². The van der Waals surface area contributed by atoms with Gasteiger partial charge in [0.05, 0.1) is 0 Å². The van der Waals surface area contributed by atoms with Crippen LogP contribution in [0.1, 0.15) is 51.9 Å². The van der Waals surface area contributed by atoms with Crippen molar-refractivity contribution >= 4 is 17.7 Å². The summed E-state index contributed by atoms with van der Waals surface area (Å²) in [5.41, 5.74) is 0. The molecule has 3 aliphatic heterocycles. The molecule has 5 rings (SSSR count). The minimum atomic E-state index is -0.627. The fraction of sp³-hybridized carbons (Fsp3) is 0.824. The highest BCUT2D eigenvalue weighted by molar-refractivity contribution is 6.05. The molecule has 3 amide bonds. The van der Waals surface area contributed by atoms with Crippen molar-refractivity contribution < 1.29 is 14.4 Å². The first kappa shape index (κ1) is 14.2. The zero-order valence-corrected chi connectivity index (χ0v) is 13.2. The van der Waals surface area contributed by atoms with Crippen molar-refractivity contribution in [2.24, 2.45) is 17.8 Å². The van der Waals surface area contributed by atoms with Crippen LogP contribution in [0.15, 0.2) is 0 Å². The average molecular weight is 304 g/mol. The van der Waals surface area contributed by atoms with Crippen LogP contribution in [0.3, 0.4) is 0 Å². The van der Waals surface area contributed by atoms with Crippen LogP contribution in [0.2, 0.25) is 0 Å². The average Bonchev–Trinajstić information content (AvgIpc) is 2.68. The van der Waals surface area contributed by atoms with E-state index in [4.69, 9.17) is 0 Å². The molecule has 22 heavy (non-hydrogen) atoms. The zero-order valence-electron chi connectivity index (χ0n) is 13.2. The van der Waals surface area contributed by atoms with Crippen molar-refractivity contribution in [3.63, 3.8) is 0 Å². The van der Waals surface area contributed by atoms with Gasteiger partial charge in [0, 0.05) is 25.4 Å². The first-order chi connectivity index (χ1) is 10.5. The number of carbonyl (C=O) groups excluding carboxylic acids is 3. The lowest BCUT2D eigenvalue weighted by molar-refractivity contribution is -0.151. The van der Waals surface area contributed by atoms with Crippen molar-refractivity contribution in [3.8, 4) is 0 Å². The number of likely N-dealkylation sites (tertiary alicyclic amines) is 1. The lowest BCUT2D eigenvalue weighted by Gasteiger charge is -2.39. The van der Waals surface area contributed by atoms with Gasteiger partial charge in [-0.25, -0.2) is 0 Å². The van der Waals surface area contributed by atoms with E-state index in [1.54, 1.807) is 6.92 Å². The first-order valence-electron chi connectivity index (χ1n) is 8.68. The maximum absolute atomic E-state index is 13.0. The van der Waals surface area contributed by atoms with Gasteiger partial charge in [-0.05, 0) is 56.8 Å². The van der Waals surface area contributed by atoms with Gasteiger partial charge in [-0.15, -0.1) is 0 Å². The van der Waals surface area contributed by atoms with Crippen LogP contribution in [0, 0.1) is 17.8 Å². The van der Waals surface area contributed by atoms with Crippen molar-refractivity contribution in [3.05, 3.63) is 0 Å². The molecule has 0 aromatic carbocycles. The van der Waals surface area contributed by atoms with Gasteiger partial charge < -0.3 is 4.90 Å². The molecule has 2 aliphatic carbocycles. The van der Waals surface area contributed by atoms with Gasteiger partial charge in [-0.1, -0.05) is 0 Å². The van der Waals surface area contributed by atoms with Crippen LogP contribution in [0.5, 0.6) is 0 Å². The van der Waals surface area contributed by atoms with Gasteiger partial charge in [0.25, 0.3) is 0 Å². The van der Waals surface area contributed by atoms with Gasteiger partial charge in [0.15, 0.2) is 0 Å². The Morgan fingerprint density at radius 1 is 0.955 bits per heavy atom. The van der Waals surface area contributed by atoms with Crippen molar-refractivity contribution in [1.82, 2.24) is 9.80 Å². The van der Waals surface area contributed by atoms with Gasteiger partial charge in [-0.3, -0.25) is 19.3 Å². The number of carbonyl (C=O) groups is 3. The van der Waals surface area contributed by atoms with E-state index in [0.29, 0.717) is 12.0 Å². The van der Waals surface area contributed by atoms with Crippen LogP contribution >= 0.6 is 0 Å². The molecule has 120 valence electrons. The third-order valence-electron chi connectivity index (χ3n) is 6.22. The van der Waals surface area contributed by atoms with Gasteiger partial charge in [0.1, 0.15) is 6.04 Å². The molecule has 5 atom stereocenters. The molecule has 0 spiro atoms. The fourth-order valence-electron chi connectivity index (χ4n) is 5.43. The molecule has 0 aromatic rings. The number of nitrogens with zero attached hydrogens (tertiary/aromatic N) is 2. The molecular weight excluding hydrogens is 280 g/mol. The van der Waals surface area contributed by atoms with Crippen LogP contribution in [-0.4, -0.2) is 46.1 Å². The third kappa shape index (κ3) is 2.17. The Balaban J connectivity index is 1.55. The number of hydrogen-bond donors (Lipinski definition) is 0. The first-order valence-corrected chi connectivity index (χ1v) is 8.68. The Hall–Kier alpha value is -1.39. The quantitative estimate of drug-likeness (QED) is 0.728. The van der Waals surface area contributed by atoms with E-state index in [9.17, 15) is 14.4 Å². The highest BCUT2D eigenvalue weighted by Crippen LogP contribution is 2.47. The highest BCUT2D eigenvalue weighted by atomic mass is 16.2. The van der Waals surface area contributed by atoms with Crippen molar-refractivity contribution in [1.29, 1.82) is 0 Å². The van der Waals surface area contributed by atoms with E-state index in [1.165, 1.54) is 24.2 Å². The summed E-state index contributed by atoms with van der Waals surface area (Å²) in [6, 6.07) is -0.294. The molecule has 5 aliphatic rings. The zero-order chi connectivity index (χ0) is 15.4. The summed E-state index contributed by atoms with van der Waals surface area (Å²) in [4.78, 5) is 40.0. The summed E-state index contributed by atoms with van der Waals surface area (Å²) >= 11 is 0. The topological polar surface area (TPSA) is 57.7 Å². The smallest absolute Gasteiger partial charge is 0.245 e. The molecule has 2 unspecified atom stereocenters. The Morgan fingerprint density at radius 3 is 2.09 bits per heavy atom. The molecule has 4 bridgehead atoms. The summed E-state index contributed by atoms with van der Waals surface area (Å²) in [6.45, 7) is 2.55. The largest absolute Gasteiger partial charge is 0.338 e. The molecule has 5 heteroatoms. The molecule has 0 N–H and O–H groups in total. The lowest BCUT2D eigenvalue weighted by Crippen LogP contribution is -2.52. The summed E-state index contributed by atoms with van der Waals surface area (Å²) in [6.07, 6.45) is 6.60. The summed E-state index contributed by atoms with van der Waals surface area (Å²) < 4.78 is 0. The second-order valence-corrected chi connectivity index (χ2v) is 7.75. The van der Waals surface area contributed by atoms with E-state index in [1.807, 2.05) is 4.90 Å². The molecule has 5 fully saturated rings. The molecule has 5 nitrogen and oxygen atoms in total. The molecule has 0 radical (unpaired) electrons. The number of rotatable bonds is 2. The Labute approximate surface area is 131 Å². The summed E-state index contributed by atoms with van der Waals surface area (Å²) in [5.74, 6) is 1.80. The minimum Gasteiger partial charge on any atom is -0.338 e. The van der Waals surface area contributed by atoms with E-state index in [0.717, 1.165) is 31.2 Å². The van der Waals surface area contributed by atoms with Gasteiger partial charge in [-0.2, -0.15) is 0 Å². The number of amides is 3. The third-order valence-corrected chi connectivity index (χ3v) is 6.22. The minimum absolute atomic E-state index is 0.0122. The monoisotopic (exact) mass is 304 g/mol. The second-order valence-electron chi connectivity index (χ2n) is 7.75. The lowest BCUT2D eigenvalue weighted by atomic mass is 9.68. The Bertz CT molecular complexity index is 502. The standard InChI is InChI=1S/C17H24N2O3/c1-10(19-15(20)2-3-16(19)21)17(22)18-9-13-5-11-4-12(6-13)8-14(18)7-11/h10-14H,2-9H2,1H3/t10-,11-,12+,13?,14?/m0/s1. The molecule has 3 heterocycles. The molecule has 0 aromatic heterocycles. The van der Waals surface area contributed by atoms with E-state index < -0.39 is 6.04 Å². The molecule has 3 saturated heterocycles. The predicted octanol–water partition coefficient (Wildman–Crippen LogP) is 1.56. The number of imide groups is 1. The Kier molecular flexibility index (Phi) is 3.27. The maximum atomic E-state index is 13.0. The van der Waals surface area contributed by atoms with E-state index >= 15 is 0 Å². The van der Waals surface area contributed by atoms with Gasteiger partial charge >= 0.3 is 0 Å². The van der Waals surface area contributed by atoms with E-state index in [2.05, 4.69) is 0 Å². The summed E-state index contributed by atoms with van der Waals surface area (Å²) in [7, 11) is 0. The fourth-order valence-corrected chi connectivity index (χ4v) is 5.43. The van der Waals surface area contributed by atoms with Crippen LogP contribution < -0.4 is 0 Å². The van der Waals surface area contributed by atoms with E-state index in [-0.39, 0.29) is 30.6 Å². The maximum Gasteiger partial charge on any atom is 0.245 e. The number of hydrogen-bond acceptors (Lipinski definition) is 3. The predicted molar refractivity (Wildman–Crippen MR) is 79.6 cm³/mol. The molecular formula is C17H24N2O3. The number of fused-ring (bicyclic) bond motifs is 1. The van der Waals surface area contributed by atoms with Crippen LogP contribution in [-0.2, 0) is 14.4 Å². The molecule has 2 saturated carbocycles. The van der Waals surface area contributed by atoms with Crippen molar-refractivity contribution in [2.45, 2.75) is 64.0 Å². The SMILES string of the molecule is C[C@@H](C(=O)N1CC2C[C@@H]3CC1C[C@H](C2)C3)N1C(=O)CCC1=O. The van der Waals surface area contributed by atoms with Gasteiger partial charge in [0.2, 0.25) is 17.7 Å². The normalized spacial score (nSPS) is 38.6. The second kappa shape index (κ2) is 5.07. The Morgan fingerprint density at radius 2 is 1.50 bits per heavy atom. The van der Waals surface area contributed by atoms with Crippen molar-refractivity contribution in [2.75, 3.05) is 6.54 Å². The van der Waals surface area contributed by atoms with Crippen LogP contribution in [0.25, 0.3) is 0 Å². The highest BCUT2D eigenvalue weighted by Gasteiger charge is 2.46.